The molecular formula is C12H21N3S. The molecule has 0 bridgehead atoms. The molecule has 0 radical (unpaired) electrons. The molecule has 2 heterocycles. The van der Waals surface area contributed by atoms with E-state index in [-0.39, 0.29) is 0 Å². The molecule has 0 aliphatic carbocycles. The number of thioether (sulfide) groups is 1. The number of hydrogen-bond donors (Lipinski definition) is 1. The average Bonchev–Trinajstić information content (AvgIpc) is 2.89. The minimum absolute atomic E-state index is 0.646. The van der Waals surface area contributed by atoms with Gasteiger partial charge in [0.2, 0.25) is 0 Å². The summed E-state index contributed by atoms with van der Waals surface area (Å²) in [5.41, 5.74) is 2.51. The Balaban J connectivity index is 1.95. The van der Waals surface area contributed by atoms with E-state index in [1.54, 1.807) is 0 Å². The fourth-order valence-corrected chi connectivity index (χ4v) is 3.14. The number of aryl methyl sites for hydroxylation is 1. The SMILES string of the molecule is CCCCn1ncc(NC2CCSC2)c1C. The van der Waals surface area contributed by atoms with E-state index in [2.05, 4.69) is 28.9 Å². The summed E-state index contributed by atoms with van der Waals surface area (Å²) in [7, 11) is 0. The Kier molecular flexibility index (Phi) is 4.16. The van der Waals surface area contributed by atoms with E-state index in [1.807, 2.05) is 18.0 Å². The highest BCUT2D eigenvalue weighted by Gasteiger charge is 2.17. The van der Waals surface area contributed by atoms with Crippen molar-refractivity contribution in [3.63, 3.8) is 0 Å². The number of anilines is 1. The number of unbranched alkanes of at least 4 members (excludes halogenated alkanes) is 1. The topological polar surface area (TPSA) is 29.9 Å². The summed E-state index contributed by atoms with van der Waals surface area (Å²) >= 11 is 2.04. The van der Waals surface area contributed by atoms with Crippen molar-refractivity contribution < 1.29 is 0 Å². The smallest absolute Gasteiger partial charge is 0.0758 e. The number of nitrogens with one attached hydrogen (secondary N) is 1. The zero-order chi connectivity index (χ0) is 11.4. The second kappa shape index (κ2) is 5.62. The van der Waals surface area contributed by atoms with Gasteiger partial charge in [-0.05, 0) is 25.5 Å². The number of hydrogen-bond acceptors (Lipinski definition) is 3. The molecular weight excluding hydrogens is 218 g/mol. The van der Waals surface area contributed by atoms with Gasteiger partial charge in [-0.3, -0.25) is 4.68 Å². The van der Waals surface area contributed by atoms with E-state index in [9.17, 15) is 0 Å². The predicted octanol–water partition coefficient (Wildman–Crippen LogP) is 2.91. The largest absolute Gasteiger partial charge is 0.379 e. The van der Waals surface area contributed by atoms with Crippen molar-refractivity contribution >= 4 is 17.4 Å². The van der Waals surface area contributed by atoms with Gasteiger partial charge < -0.3 is 5.32 Å². The molecule has 0 amide bonds. The fraction of sp³-hybridized carbons (Fsp3) is 0.750. The normalized spacial score (nSPS) is 20.2. The highest BCUT2D eigenvalue weighted by atomic mass is 32.2. The van der Waals surface area contributed by atoms with Crippen LogP contribution in [-0.4, -0.2) is 27.3 Å². The van der Waals surface area contributed by atoms with Crippen LogP contribution in [0.2, 0.25) is 0 Å². The monoisotopic (exact) mass is 239 g/mol. The quantitative estimate of drug-likeness (QED) is 0.857. The Labute approximate surface area is 102 Å². The van der Waals surface area contributed by atoms with Crippen LogP contribution in [0, 0.1) is 6.92 Å². The van der Waals surface area contributed by atoms with Crippen LogP contribution in [0.15, 0.2) is 6.20 Å². The van der Waals surface area contributed by atoms with Crippen molar-refractivity contribution in [3.05, 3.63) is 11.9 Å². The first kappa shape index (κ1) is 11.8. The zero-order valence-corrected chi connectivity index (χ0v) is 11.0. The third-order valence-electron chi connectivity index (χ3n) is 3.12. The van der Waals surface area contributed by atoms with Crippen LogP contribution in [0.25, 0.3) is 0 Å². The van der Waals surface area contributed by atoms with E-state index in [4.69, 9.17) is 0 Å². The van der Waals surface area contributed by atoms with Crippen molar-refractivity contribution in [3.8, 4) is 0 Å². The van der Waals surface area contributed by atoms with Crippen LogP contribution in [-0.2, 0) is 6.54 Å². The first-order valence-corrected chi connectivity index (χ1v) is 7.33. The maximum absolute atomic E-state index is 4.44. The molecule has 0 saturated carbocycles. The molecule has 2 rings (SSSR count). The molecule has 1 unspecified atom stereocenters. The van der Waals surface area contributed by atoms with Crippen molar-refractivity contribution in [1.29, 1.82) is 0 Å². The Morgan fingerprint density at radius 1 is 1.62 bits per heavy atom. The summed E-state index contributed by atoms with van der Waals surface area (Å²) in [6.07, 6.45) is 5.70. The summed E-state index contributed by atoms with van der Waals surface area (Å²) in [4.78, 5) is 0. The number of rotatable bonds is 5. The van der Waals surface area contributed by atoms with Gasteiger partial charge in [-0.15, -0.1) is 0 Å². The van der Waals surface area contributed by atoms with Gasteiger partial charge in [-0.1, -0.05) is 13.3 Å². The number of nitrogens with zero attached hydrogens (tertiary/aromatic N) is 2. The van der Waals surface area contributed by atoms with Gasteiger partial charge in [0.1, 0.15) is 0 Å². The van der Waals surface area contributed by atoms with E-state index < -0.39 is 0 Å². The molecule has 1 saturated heterocycles. The summed E-state index contributed by atoms with van der Waals surface area (Å²) in [6.45, 7) is 5.42. The molecule has 1 aliphatic rings. The van der Waals surface area contributed by atoms with Crippen LogP contribution in [0.5, 0.6) is 0 Å². The van der Waals surface area contributed by atoms with Gasteiger partial charge in [0.15, 0.2) is 0 Å². The lowest BCUT2D eigenvalue weighted by molar-refractivity contribution is 0.559. The lowest BCUT2D eigenvalue weighted by Crippen LogP contribution is -2.18. The minimum atomic E-state index is 0.646. The molecule has 1 aromatic heterocycles. The van der Waals surface area contributed by atoms with E-state index in [0.29, 0.717) is 6.04 Å². The highest BCUT2D eigenvalue weighted by Crippen LogP contribution is 2.23. The summed E-state index contributed by atoms with van der Waals surface area (Å²) in [5.74, 6) is 2.53. The van der Waals surface area contributed by atoms with Crippen molar-refractivity contribution in [2.24, 2.45) is 0 Å². The lowest BCUT2D eigenvalue weighted by atomic mass is 10.2. The van der Waals surface area contributed by atoms with Crippen LogP contribution in [0.1, 0.15) is 31.9 Å². The molecule has 1 fully saturated rings. The first-order chi connectivity index (χ1) is 7.81. The zero-order valence-electron chi connectivity index (χ0n) is 10.2. The summed E-state index contributed by atoms with van der Waals surface area (Å²) in [6, 6.07) is 0.646. The molecule has 1 aromatic rings. The van der Waals surface area contributed by atoms with Gasteiger partial charge >= 0.3 is 0 Å². The fourth-order valence-electron chi connectivity index (χ4n) is 1.99. The Morgan fingerprint density at radius 3 is 3.19 bits per heavy atom. The van der Waals surface area contributed by atoms with E-state index >= 15 is 0 Å². The first-order valence-electron chi connectivity index (χ1n) is 6.18. The van der Waals surface area contributed by atoms with Crippen LogP contribution >= 0.6 is 11.8 Å². The second-order valence-electron chi connectivity index (χ2n) is 4.43. The van der Waals surface area contributed by atoms with Crippen molar-refractivity contribution in [1.82, 2.24) is 9.78 Å². The lowest BCUT2D eigenvalue weighted by Gasteiger charge is -2.12. The van der Waals surface area contributed by atoms with Gasteiger partial charge in [0, 0.05) is 18.3 Å². The number of aromatic nitrogens is 2. The van der Waals surface area contributed by atoms with E-state index in [0.717, 1.165) is 6.54 Å². The Bertz CT molecular complexity index is 329. The summed E-state index contributed by atoms with van der Waals surface area (Å²) < 4.78 is 2.12. The molecule has 0 aromatic carbocycles. The third kappa shape index (κ3) is 2.73. The molecule has 1 aliphatic heterocycles. The molecule has 90 valence electrons. The summed E-state index contributed by atoms with van der Waals surface area (Å²) in [5, 5.41) is 8.04. The third-order valence-corrected chi connectivity index (χ3v) is 4.28. The van der Waals surface area contributed by atoms with Gasteiger partial charge in [-0.2, -0.15) is 16.9 Å². The maximum Gasteiger partial charge on any atom is 0.0758 e. The maximum atomic E-state index is 4.44. The van der Waals surface area contributed by atoms with Crippen molar-refractivity contribution in [2.45, 2.75) is 45.7 Å². The van der Waals surface area contributed by atoms with Gasteiger partial charge in [-0.25, -0.2) is 0 Å². The second-order valence-corrected chi connectivity index (χ2v) is 5.58. The predicted molar refractivity (Wildman–Crippen MR) is 71.2 cm³/mol. The molecule has 16 heavy (non-hydrogen) atoms. The standard InChI is InChI=1S/C12H21N3S/c1-3-4-6-15-10(2)12(8-13-15)14-11-5-7-16-9-11/h8,11,14H,3-7,9H2,1-2H3. The van der Waals surface area contributed by atoms with Crippen LogP contribution in [0.4, 0.5) is 5.69 Å². The molecule has 0 spiro atoms. The molecule has 3 nitrogen and oxygen atoms in total. The molecule has 1 N–H and O–H groups in total. The van der Waals surface area contributed by atoms with Crippen molar-refractivity contribution in [2.75, 3.05) is 16.8 Å². The highest BCUT2D eigenvalue weighted by molar-refractivity contribution is 7.99. The Morgan fingerprint density at radius 2 is 2.50 bits per heavy atom. The van der Waals surface area contributed by atoms with Crippen LogP contribution < -0.4 is 5.32 Å². The molecule has 4 heteroatoms. The average molecular weight is 239 g/mol. The Hall–Kier alpha value is -0.640. The van der Waals surface area contributed by atoms with Gasteiger partial charge in [0.05, 0.1) is 17.6 Å². The van der Waals surface area contributed by atoms with E-state index in [1.165, 1.54) is 42.1 Å². The van der Waals surface area contributed by atoms with Gasteiger partial charge in [0.25, 0.3) is 0 Å². The minimum Gasteiger partial charge on any atom is -0.379 e. The molecule has 1 atom stereocenters. The van der Waals surface area contributed by atoms with Crippen LogP contribution in [0.3, 0.4) is 0 Å².